The van der Waals surface area contributed by atoms with Crippen LogP contribution in [0.1, 0.15) is 32.4 Å². The van der Waals surface area contributed by atoms with Crippen molar-refractivity contribution in [1.29, 1.82) is 0 Å². The molecule has 0 bridgehead atoms. The Kier molecular flexibility index (Phi) is 4.48. The number of nitrogens with one attached hydrogen (secondary N) is 3. The molecule has 2 aromatic heterocycles. The number of aryl methyl sites for hydroxylation is 1. The van der Waals surface area contributed by atoms with Crippen molar-refractivity contribution in [2.24, 2.45) is 0 Å². The molecule has 1 unspecified atom stereocenters. The van der Waals surface area contributed by atoms with Crippen LogP contribution in [0, 0.1) is 6.92 Å². The Morgan fingerprint density at radius 2 is 2.00 bits per heavy atom. The van der Waals surface area contributed by atoms with Gasteiger partial charge in [-0.3, -0.25) is 5.10 Å². The fourth-order valence-corrected chi connectivity index (χ4v) is 3.50. The molecule has 0 amide bonds. The van der Waals surface area contributed by atoms with Crippen molar-refractivity contribution in [3.05, 3.63) is 42.1 Å². The summed E-state index contributed by atoms with van der Waals surface area (Å²) in [5, 5.41) is 11.8. The molecule has 4 rings (SSSR count). The summed E-state index contributed by atoms with van der Waals surface area (Å²) < 4.78 is 0. The summed E-state index contributed by atoms with van der Waals surface area (Å²) in [6.45, 7) is 6.51. The van der Waals surface area contributed by atoms with Crippen LogP contribution >= 0.6 is 0 Å². The van der Waals surface area contributed by atoms with Gasteiger partial charge in [-0.25, -0.2) is 4.98 Å². The summed E-state index contributed by atoms with van der Waals surface area (Å²) >= 11 is 0. The molecule has 0 saturated carbocycles. The lowest BCUT2D eigenvalue weighted by Crippen LogP contribution is -2.28. The Morgan fingerprint density at radius 3 is 2.81 bits per heavy atom. The van der Waals surface area contributed by atoms with E-state index in [0.29, 0.717) is 6.04 Å². The number of rotatable bonds is 6. The van der Waals surface area contributed by atoms with Crippen LogP contribution in [-0.4, -0.2) is 33.3 Å². The Balaban J connectivity index is 1.59. The molecule has 0 fully saturated rings. The minimum Gasteiger partial charge on any atom is -0.372 e. The van der Waals surface area contributed by atoms with E-state index in [1.54, 1.807) is 0 Å². The molecule has 0 aliphatic heterocycles. The monoisotopic (exact) mass is 362 g/mol. The van der Waals surface area contributed by atoms with Gasteiger partial charge in [-0.15, -0.1) is 0 Å². The second-order valence-corrected chi connectivity index (χ2v) is 7.24. The zero-order valence-corrected chi connectivity index (χ0v) is 16.3. The highest BCUT2D eigenvalue weighted by Gasteiger charge is 2.11. The Bertz CT molecular complexity index is 1080. The largest absolute Gasteiger partial charge is 0.372 e. The third-order valence-corrected chi connectivity index (χ3v) is 5.25. The molecule has 4 aromatic rings. The Hall–Kier alpha value is -3.02. The van der Waals surface area contributed by atoms with Crippen molar-refractivity contribution < 1.29 is 0 Å². The number of H-pyrrole nitrogens is 2. The van der Waals surface area contributed by atoms with Crippen LogP contribution in [-0.2, 0) is 0 Å². The number of hydrogen-bond acceptors (Lipinski definition) is 4. The van der Waals surface area contributed by atoms with E-state index in [2.05, 4.69) is 75.5 Å². The first-order valence-corrected chi connectivity index (χ1v) is 9.49. The molecule has 3 N–H and O–H groups in total. The third kappa shape index (κ3) is 3.35. The molecular weight excluding hydrogens is 336 g/mol. The van der Waals surface area contributed by atoms with Crippen molar-refractivity contribution in [3.63, 3.8) is 0 Å². The summed E-state index contributed by atoms with van der Waals surface area (Å²) in [4.78, 5) is 10.4. The zero-order chi connectivity index (χ0) is 19.0. The van der Waals surface area contributed by atoms with E-state index in [9.17, 15) is 0 Å². The van der Waals surface area contributed by atoms with Crippen LogP contribution in [0.15, 0.2) is 36.4 Å². The molecule has 1 atom stereocenters. The number of hydrogen-bond donors (Lipinski definition) is 3. The van der Waals surface area contributed by atoms with Crippen LogP contribution in [0.3, 0.4) is 0 Å². The second-order valence-electron chi connectivity index (χ2n) is 7.24. The summed E-state index contributed by atoms with van der Waals surface area (Å²) in [6.07, 6.45) is 2.37. The van der Waals surface area contributed by atoms with Gasteiger partial charge in [-0.05, 0) is 56.7 Å². The first kappa shape index (κ1) is 17.4. The number of aromatic amines is 2. The molecule has 6 heteroatoms. The molecule has 0 saturated heterocycles. The average molecular weight is 362 g/mol. The molecule has 0 aliphatic carbocycles. The van der Waals surface area contributed by atoms with Crippen LogP contribution in [0.2, 0.25) is 0 Å². The molecule has 2 aromatic carbocycles. The van der Waals surface area contributed by atoms with E-state index in [-0.39, 0.29) is 0 Å². The van der Waals surface area contributed by atoms with Gasteiger partial charge in [0.25, 0.3) is 0 Å². The highest BCUT2D eigenvalue weighted by molar-refractivity contribution is 5.86. The van der Waals surface area contributed by atoms with Gasteiger partial charge in [0.2, 0.25) is 5.95 Å². The quantitative estimate of drug-likeness (QED) is 0.445. The average Bonchev–Trinajstić information content (AvgIpc) is 3.23. The Labute approximate surface area is 159 Å². The van der Waals surface area contributed by atoms with Crippen molar-refractivity contribution in [1.82, 2.24) is 20.2 Å². The van der Waals surface area contributed by atoms with Gasteiger partial charge in [-0.2, -0.15) is 5.10 Å². The number of imidazole rings is 1. The number of benzene rings is 2. The second kappa shape index (κ2) is 6.95. The van der Waals surface area contributed by atoms with E-state index in [0.717, 1.165) is 39.3 Å². The maximum Gasteiger partial charge on any atom is 0.205 e. The van der Waals surface area contributed by atoms with Crippen LogP contribution in [0.5, 0.6) is 0 Å². The van der Waals surface area contributed by atoms with E-state index in [1.807, 2.05) is 19.1 Å². The van der Waals surface area contributed by atoms with Gasteiger partial charge in [0.05, 0.1) is 16.6 Å². The molecule has 27 heavy (non-hydrogen) atoms. The first-order chi connectivity index (χ1) is 13.0. The lowest BCUT2D eigenvalue weighted by Gasteiger charge is -2.26. The maximum absolute atomic E-state index is 4.66. The molecule has 6 nitrogen and oxygen atoms in total. The predicted octanol–water partition coefficient (Wildman–Crippen LogP) is 5.12. The van der Waals surface area contributed by atoms with Crippen LogP contribution in [0.25, 0.3) is 21.9 Å². The summed E-state index contributed by atoms with van der Waals surface area (Å²) in [5.41, 5.74) is 6.17. The fraction of sp³-hybridized carbons (Fsp3) is 0.333. The highest BCUT2D eigenvalue weighted by atomic mass is 15.1. The Morgan fingerprint density at radius 1 is 1.15 bits per heavy atom. The fourth-order valence-electron chi connectivity index (χ4n) is 3.50. The van der Waals surface area contributed by atoms with E-state index >= 15 is 0 Å². The first-order valence-electron chi connectivity index (χ1n) is 9.49. The molecule has 140 valence electrons. The standard InChI is InChI=1S/C21H26N6/c1-5-6-13(2)27(4)16-8-10-18-20(12-16)24-21(23-18)22-15-7-9-17-14(3)25-26-19(17)11-15/h7-13H,5-6H2,1-4H3,(H,25,26)(H2,22,23,24). The number of nitrogens with zero attached hydrogens (tertiary/aromatic N) is 3. The lowest BCUT2D eigenvalue weighted by atomic mass is 10.1. The van der Waals surface area contributed by atoms with Crippen LogP contribution < -0.4 is 10.2 Å². The maximum atomic E-state index is 4.66. The summed E-state index contributed by atoms with van der Waals surface area (Å²) in [5.74, 6) is 0.734. The molecule has 2 heterocycles. The third-order valence-electron chi connectivity index (χ3n) is 5.25. The predicted molar refractivity (Wildman–Crippen MR) is 113 cm³/mol. The minimum absolute atomic E-state index is 0.511. The topological polar surface area (TPSA) is 72.6 Å². The van der Waals surface area contributed by atoms with E-state index < -0.39 is 0 Å². The summed E-state index contributed by atoms with van der Waals surface area (Å²) in [7, 11) is 2.15. The van der Waals surface area contributed by atoms with Gasteiger partial charge in [-0.1, -0.05) is 13.3 Å². The van der Waals surface area contributed by atoms with Crippen molar-refractivity contribution >= 4 is 39.3 Å². The van der Waals surface area contributed by atoms with Gasteiger partial charge in [0, 0.05) is 35.5 Å². The van der Waals surface area contributed by atoms with E-state index in [4.69, 9.17) is 0 Å². The molecule has 0 radical (unpaired) electrons. The molecule has 0 spiro atoms. The van der Waals surface area contributed by atoms with Crippen molar-refractivity contribution in [3.8, 4) is 0 Å². The zero-order valence-electron chi connectivity index (χ0n) is 16.3. The van der Waals surface area contributed by atoms with Crippen molar-refractivity contribution in [2.75, 3.05) is 17.3 Å². The highest BCUT2D eigenvalue weighted by Crippen LogP contribution is 2.26. The van der Waals surface area contributed by atoms with Gasteiger partial charge >= 0.3 is 0 Å². The van der Waals surface area contributed by atoms with Gasteiger partial charge in [0.1, 0.15) is 0 Å². The van der Waals surface area contributed by atoms with Gasteiger partial charge in [0.15, 0.2) is 0 Å². The number of aromatic nitrogens is 4. The minimum atomic E-state index is 0.511. The number of anilines is 3. The smallest absolute Gasteiger partial charge is 0.205 e. The van der Waals surface area contributed by atoms with Crippen molar-refractivity contribution in [2.45, 2.75) is 39.7 Å². The van der Waals surface area contributed by atoms with E-state index in [1.165, 1.54) is 18.5 Å². The molecule has 0 aliphatic rings. The van der Waals surface area contributed by atoms with Crippen LogP contribution in [0.4, 0.5) is 17.3 Å². The lowest BCUT2D eigenvalue weighted by molar-refractivity contribution is 0.616. The summed E-state index contributed by atoms with van der Waals surface area (Å²) in [6, 6.07) is 13.0. The number of fused-ring (bicyclic) bond motifs is 2. The SMILES string of the molecule is CCCC(C)N(C)c1ccc2nc(Nc3ccc4c(C)[nH]nc4c3)[nH]c2c1. The molecular formula is C21H26N6. The normalized spacial score (nSPS) is 12.6. The van der Waals surface area contributed by atoms with Gasteiger partial charge < -0.3 is 15.2 Å².